The molecular formula is C24H30N4O3. The molecule has 164 valence electrons. The normalized spacial score (nSPS) is 11.8. The molecule has 1 unspecified atom stereocenters. The summed E-state index contributed by atoms with van der Waals surface area (Å²) in [6.45, 7) is 1.41. The van der Waals surface area contributed by atoms with Gasteiger partial charge in [-0.05, 0) is 36.5 Å². The minimum Gasteiger partial charge on any atom is -0.445 e. The topological polar surface area (TPSA) is 109 Å². The van der Waals surface area contributed by atoms with Crippen LogP contribution in [0.4, 0.5) is 4.79 Å². The molecule has 0 radical (unpaired) electrons. The van der Waals surface area contributed by atoms with E-state index in [2.05, 4.69) is 15.6 Å². The number of carbonyl (C=O) groups is 2. The van der Waals surface area contributed by atoms with Crippen molar-refractivity contribution in [3.63, 3.8) is 0 Å². The predicted molar refractivity (Wildman–Crippen MR) is 121 cm³/mol. The number of amides is 2. The van der Waals surface area contributed by atoms with Crippen LogP contribution >= 0.6 is 0 Å². The van der Waals surface area contributed by atoms with E-state index in [9.17, 15) is 9.59 Å². The Morgan fingerprint density at radius 3 is 2.45 bits per heavy atom. The molecule has 5 N–H and O–H groups in total. The van der Waals surface area contributed by atoms with Crippen LogP contribution in [0.15, 0.2) is 60.8 Å². The number of unbranched alkanes of at least 4 members (excludes halogenated alkanes) is 2. The van der Waals surface area contributed by atoms with Crippen LogP contribution in [0.1, 0.15) is 42.9 Å². The lowest BCUT2D eigenvalue weighted by Crippen LogP contribution is -2.28. The van der Waals surface area contributed by atoms with Crippen molar-refractivity contribution >= 4 is 22.9 Å². The number of fused-ring (bicyclic) bond motifs is 1. The highest BCUT2D eigenvalue weighted by atomic mass is 16.5. The third kappa shape index (κ3) is 7.15. The minimum absolute atomic E-state index is 0.0552. The van der Waals surface area contributed by atoms with Crippen LogP contribution in [-0.4, -0.2) is 30.1 Å². The number of aromatic amines is 1. The van der Waals surface area contributed by atoms with E-state index in [1.54, 1.807) is 0 Å². The van der Waals surface area contributed by atoms with Gasteiger partial charge in [-0.15, -0.1) is 0 Å². The van der Waals surface area contributed by atoms with Crippen LogP contribution in [0.25, 0.3) is 10.9 Å². The van der Waals surface area contributed by atoms with Crippen LogP contribution in [0.2, 0.25) is 0 Å². The number of para-hydroxylation sites is 1. The Bertz CT molecular complexity index is 971. The third-order valence-corrected chi connectivity index (χ3v) is 5.08. The number of nitrogens with two attached hydrogens (primary N) is 1. The van der Waals surface area contributed by atoms with E-state index in [1.807, 2.05) is 60.8 Å². The van der Waals surface area contributed by atoms with Crippen molar-refractivity contribution in [2.24, 2.45) is 5.73 Å². The minimum atomic E-state index is -0.413. The molecule has 0 spiro atoms. The highest BCUT2D eigenvalue weighted by Crippen LogP contribution is 2.24. The molecule has 1 heterocycles. The summed E-state index contributed by atoms with van der Waals surface area (Å²) in [4.78, 5) is 27.0. The smallest absolute Gasteiger partial charge is 0.407 e. The SMILES string of the molecule is NC(CC(=O)NCCCCCNC(=O)OCc1ccccc1)c1c[nH]c2ccccc12. The van der Waals surface area contributed by atoms with Gasteiger partial charge in [0.1, 0.15) is 6.61 Å². The summed E-state index contributed by atoms with van der Waals surface area (Å²) in [6.07, 6.45) is 4.27. The third-order valence-electron chi connectivity index (χ3n) is 5.08. The summed E-state index contributed by atoms with van der Waals surface area (Å²) in [5, 5.41) is 6.71. The van der Waals surface area contributed by atoms with Crippen LogP contribution in [-0.2, 0) is 16.1 Å². The quantitative estimate of drug-likeness (QED) is 0.353. The van der Waals surface area contributed by atoms with Crippen LogP contribution in [0.3, 0.4) is 0 Å². The second-order valence-corrected chi connectivity index (χ2v) is 7.50. The zero-order valence-electron chi connectivity index (χ0n) is 17.6. The average molecular weight is 423 g/mol. The Balaban J connectivity index is 1.23. The Labute approximate surface area is 182 Å². The lowest BCUT2D eigenvalue weighted by atomic mass is 10.0. The van der Waals surface area contributed by atoms with E-state index < -0.39 is 6.09 Å². The first-order valence-corrected chi connectivity index (χ1v) is 10.7. The van der Waals surface area contributed by atoms with Gasteiger partial charge in [-0.1, -0.05) is 48.5 Å². The Kier molecular flexibility index (Phi) is 8.48. The summed E-state index contributed by atoms with van der Waals surface area (Å²) < 4.78 is 5.16. The molecule has 0 fully saturated rings. The fourth-order valence-corrected chi connectivity index (χ4v) is 3.40. The molecule has 2 amide bonds. The number of aromatic nitrogens is 1. The second kappa shape index (κ2) is 11.8. The zero-order valence-corrected chi connectivity index (χ0v) is 17.6. The highest BCUT2D eigenvalue weighted by molar-refractivity contribution is 5.85. The molecule has 0 aliphatic rings. The van der Waals surface area contributed by atoms with Gasteiger partial charge in [0.05, 0.1) is 0 Å². The van der Waals surface area contributed by atoms with Crippen molar-refractivity contribution in [2.45, 2.75) is 38.3 Å². The fourth-order valence-electron chi connectivity index (χ4n) is 3.40. The molecule has 1 atom stereocenters. The summed E-state index contributed by atoms with van der Waals surface area (Å²) in [6, 6.07) is 17.1. The first-order chi connectivity index (χ1) is 15.1. The second-order valence-electron chi connectivity index (χ2n) is 7.50. The monoisotopic (exact) mass is 422 g/mol. The van der Waals surface area contributed by atoms with E-state index in [4.69, 9.17) is 10.5 Å². The Hall–Kier alpha value is -3.32. The van der Waals surface area contributed by atoms with E-state index >= 15 is 0 Å². The largest absolute Gasteiger partial charge is 0.445 e. The number of benzene rings is 2. The molecular weight excluding hydrogens is 392 g/mol. The molecule has 3 rings (SSSR count). The first-order valence-electron chi connectivity index (χ1n) is 10.7. The number of ether oxygens (including phenoxy) is 1. The summed E-state index contributed by atoms with van der Waals surface area (Å²) in [7, 11) is 0. The number of hydrogen-bond donors (Lipinski definition) is 4. The van der Waals surface area contributed by atoms with Gasteiger partial charge in [-0.25, -0.2) is 4.79 Å². The van der Waals surface area contributed by atoms with Gasteiger partial charge < -0.3 is 26.1 Å². The molecule has 0 bridgehead atoms. The van der Waals surface area contributed by atoms with Crippen molar-refractivity contribution in [1.29, 1.82) is 0 Å². The van der Waals surface area contributed by atoms with Crippen molar-refractivity contribution in [1.82, 2.24) is 15.6 Å². The first kappa shape index (κ1) is 22.4. The van der Waals surface area contributed by atoms with Crippen LogP contribution < -0.4 is 16.4 Å². The number of rotatable bonds is 11. The number of carbonyl (C=O) groups excluding carboxylic acids is 2. The van der Waals surface area contributed by atoms with E-state index in [-0.39, 0.29) is 25.0 Å². The summed E-state index contributed by atoms with van der Waals surface area (Å²) in [5.74, 6) is -0.0552. The fraction of sp³-hybridized carbons (Fsp3) is 0.333. The van der Waals surface area contributed by atoms with Crippen LogP contribution in [0, 0.1) is 0 Å². The molecule has 7 nitrogen and oxygen atoms in total. The van der Waals surface area contributed by atoms with E-state index in [0.29, 0.717) is 13.1 Å². The zero-order chi connectivity index (χ0) is 21.9. The van der Waals surface area contributed by atoms with Gasteiger partial charge in [0, 0.05) is 42.7 Å². The molecule has 2 aromatic carbocycles. The maximum atomic E-state index is 12.2. The van der Waals surface area contributed by atoms with Crippen molar-refractivity contribution in [3.05, 3.63) is 71.9 Å². The van der Waals surface area contributed by atoms with Gasteiger partial charge in [-0.2, -0.15) is 0 Å². The molecule has 0 saturated carbocycles. The Morgan fingerprint density at radius 1 is 0.935 bits per heavy atom. The van der Waals surface area contributed by atoms with Gasteiger partial charge in [-0.3, -0.25) is 4.79 Å². The number of nitrogens with one attached hydrogen (secondary N) is 3. The average Bonchev–Trinajstić information content (AvgIpc) is 3.22. The van der Waals surface area contributed by atoms with Crippen molar-refractivity contribution in [3.8, 4) is 0 Å². The standard InChI is InChI=1S/C24H30N4O3/c25-21(20-16-28-22-12-6-5-11-19(20)22)15-23(29)26-13-7-2-8-14-27-24(30)31-17-18-9-3-1-4-10-18/h1,3-6,9-12,16,21,28H,2,7-8,13-15,17,25H2,(H,26,29)(H,27,30). The maximum Gasteiger partial charge on any atom is 0.407 e. The molecule has 7 heteroatoms. The van der Waals surface area contributed by atoms with Gasteiger partial charge in [0.15, 0.2) is 0 Å². The molecule has 1 aromatic heterocycles. The van der Waals surface area contributed by atoms with Crippen LogP contribution in [0.5, 0.6) is 0 Å². The maximum absolute atomic E-state index is 12.2. The van der Waals surface area contributed by atoms with Gasteiger partial charge >= 0.3 is 6.09 Å². The number of hydrogen-bond acceptors (Lipinski definition) is 4. The number of alkyl carbamates (subject to hydrolysis) is 1. The molecule has 0 aliphatic heterocycles. The molecule has 31 heavy (non-hydrogen) atoms. The lowest BCUT2D eigenvalue weighted by Gasteiger charge is -2.11. The molecule has 0 saturated heterocycles. The van der Waals surface area contributed by atoms with E-state index in [1.165, 1.54) is 0 Å². The lowest BCUT2D eigenvalue weighted by molar-refractivity contribution is -0.121. The Morgan fingerprint density at radius 2 is 1.65 bits per heavy atom. The van der Waals surface area contributed by atoms with Gasteiger partial charge in [0.25, 0.3) is 0 Å². The van der Waals surface area contributed by atoms with Gasteiger partial charge in [0.2, 0.25) is 5.91 Å². The molecule has 3 aromatic rings. The highest BCUT2D eigenvalue weighted by Gasteiger charge is 2.15. The van der Waals surface area contributed by atoms with Crippen molar-refractivity contribution < 1.29 is 14.3 Å². The molecule has 0 aliphatic carbocycles. The summed E-state index contributed by atoms with van der Waals surface area (Å²) >= 11 is 0. The van der Waals surface area contributed by atoms with E-state index in [0.717, 1.165) is 41.3 Å². The number of H-pyrrole nitrogens is 1. The summed E-state index contributed by atoms with van der Waals surface area (Å²) in [5.41, 5.74) is 9.16. The van der Waals surface area contributed by atoms with Crippen molar-refractivity contribution in [2.75, 3.05) is 13.1 Å². The predicted octanol–water partition coefficient (Wildman–Crippen LogP) is 3.77.